The third-order valence-corrected chi connectivity index (χ3v) is 3.34. The second-order valence-corrected chi connectivity index (χ2v) is 6.25. The minimum atomic E-state index is 0.199. The Kier molecular flexibility index (Phi) is 5.21. The summed E-state index contributed by atoms with van der Waals surface area (Å²) < 4.78 is 5.91. The Morgan fingerprint density at radius 3 is 2.39 bits per heavy atom. The van der Waals surface area contributed by atoms with E-state index in [0.717, 1.165) is 5.75 Å². The molecule has 0 fully saturated rings. The molecule has 0 radical (unpaired) electrons. The zero-order valence-corrected chi connectivity index (χ0v) is 12.6. The van der Waals surface area contributed by atoms with E-state index in [9.17, 15) is 0 Å². The Balaban J connectivity index is 2.65. The van der Waals surface area contributed by atoms with Crippen LogP contribution in [0.4, 0.5) is 0 Å². The summed E-state index contributed by atoms with van der Waals surface area (Å²) in [5, 5.41) is 3.32. The summed E-state index contributed by atoms with van der Waals surface area (Å²) in [5.41, 5.74) is 1.52. The number of ether oxygens (including phenoxy) is 1. The zero-order chi connectivity index (χ0) is 13.8. The molecular weight excluding hydrogens is 222 g/mol. The largest absolute Gasteiger partial charge is 0.492 e. The lowest BCUT2D eigenvalue weighted by Crippen LogP contribution is -2.42. The van der Waals surface area contributed by atoms with Crippen LogP contribution in [0.25, 0.3) is 0 Å². The molecule has 1 atom stereocenters. The van der Waals surface area contributed by atoms with Gasteiger partial charge in [-0.15, -0.1) is 0 Å². The molecule has 2 heteroatoms. The second kappa shape index (κ2) is 6.24. The summed E-state index contributed by atoms with van der Waals surface area (Å²) in [4.78, 5) is 0. The van der Waals surface area contributed by atoms with Gasteiger partial charge in [-0.3, -0.25) is 0 Å². The first kappa shape index (κ1) is 15.0. The molecule has 0 bridgehead atoms. The van der Waals surface area contributed by atoms with Gasteiger partial charge in [0.15, 0.2) is 0 Å². The van der Waals surface area contributed by atoms with Crippen molar-refractivity contribution in [3.8, 4) is 5.75 Å². The SMILES string of the molecule is CNC(COc1cccc(C(C)C)c1)C(C)(C)C. The van der Waals surface area contributed by atoms with E-state index in [1.54, 1.807) is 0 Å². The van der Waals surface area contributed by atoms with Crippen LogP contribution in [0.3, 0.4) is 0 Å². The van der Waals surface area contributed by atoms with Crippen LogP contribution < -0.4 is 10.1 Å². The highest BCUT2D eigenvalue weighted by molar-refractivity contribution is 5.30. The molecule has 1 aromatic rings. The quantitative estimate of drug-likeness (QED) is 0.856. The highest BCUT2D eigenvalue weighted by atomic mass is 16.5. The van der Waals surface area contributed by atoms with Crippen LogP contribution >= 0.6 is 0 Å². The molecule has 2 nitrogen and oxygen atoms in total. The number of nitrogens with one attached hydrogen (secondary N) is 1. The molecule has 0 heterocycles. The molecule has 0 spiro atoms. The van der Waals surface area contributed by atoms with Crippen LogP contribution in [0, 0.1) is 5.41 Å². The summed E-state index contributed by atoms with van der Waals surface area (Å²) >= 11 is 0. The monoisotopic (exact) mass is 249 g/mol. The Morgan fingerprint density at radius 1 is 1.22 bits per heavy atom. The van der Waals surface area contributed by atoms with Gasteiger partial charge in [0.1, 0.15) is 12.4 Å². The fourth-order valence-corrected chi connectivity index (χ4v) is 1.91. The molecule has 102 valence electrons. The maximum atomic E-state index is 5.91. The summed E-state index contributed by atoms with van der Waals surface area (Å²) in [5.74, 6) is 1.50. The second-order valence-electron chi connectivity index (χ2n) is 6.25. The number of benzene rings is 1. The van der Waals surface area contributed by atoms with Crippen LogP contribution in [-0.2, 0) is 0 Å². The lowest BCUT2D eigenvalue weighted by atomic mass is 9.87. The molecule has 18 heavy (non-hydrogen) atoms. The number of rotatable bonds is 5. The van der Waals surface area contributed by atoms with Crippen LogP contribution in [-0.4, -0.2) is 19.7 Å². The topological polar surface area (TPSA) is 21.3 Å². The van der Waals surface area contributed by atoms with Crippen molar-refractivity contribution in [2.45, 2.75) is 46.6 Å². The molecule has 0 aliphatic carbocycles. The Bertz CT molecular complexity index is 366. The van der Waals surface area contributed by atoms with Gasteiger partial charge < -0.3 is 10.1 Å². The third-order valence-electron chi connectivity index (χ3n) is 3.34. The van der Waals surface area contributed by atoms with Gasteiger partial charge in [-0.25, -0.2) is 0 Å². The predicted octanol–water partition coefficient (Wildman–Crippen LogP) is 3.82. The predicted molar refractivity (Wildman–Crippen MR) is 78.3 cm³/mol. The molecule has 0 saturated heterocycles. The van der Waals surface area contributed by atoms with Crippen molar-refractivity contribution in [3.05, 3.63) is 29.8 Å². The smallest absolute Gasteiger partial charge is 0.119 e. The molecule has 0 aliphatic heterocycles. The van der Waals surface area contributed by atoms with Gasteiger partial charge in [-0.05, 0) is 36.1 Å². The van der Waals surface area contributed by atoms with E-state index in [1.807, 2.05) is 13.1 Å². The van der Waals surface area contributed by atoms with Gasteiger partial charge in [-0.2, -0.15) is 0 Å². The van der Waals surface area contributed by atoms with Crippen LogP contribution in [0.5, 0.6) is 5.75 Å². The van der Waals surface area contributed by atoms with Gasteiger partial charge in [0.2, 0.25) is 0 Å². The third kappa shape index (κ3) is 4.34. The maximum Gasteiger partial charge on any atom is 0.119 e. The van der Waals surface area contributed by atoms with Crippen molar-refractivity contribution < 1.29 is 4.74 Å². The average Bonchev–Trinajstić information content (AvgIpc) is 2.28. The summed E-state index contributed by atoms with van der Waals surface area (Å²) in [6, 6.07) is 8.73. The lowest BCUT2D eigenvalue weighted by Gasteiger charge is -2.30. The van der Waals surface area contributed by atoms with Gasteiger partial charge in [0.05, 0.1) is 0 Å². The molecular formula is C16H27NO. The number of hydrogen-bond donors (Lipinski definition) is 1. The normalized spacial score (nSPS) is 13.7. The van der Waals surface area contributed by atoms with Crippen molar-refractivity contribution in [1.29, 1.82) is 0 Å². The van der Waals surface area contributed by atoms with E-state index in [-0.39, 0.29) is 5.41 Å². The van der Waals surface area contributed by atoms with E-state index in [4.69, 9.17) is 4.74 Å². The summed E-state index contributed by atoms with van der Waals surface area (Å²) in [6.45, 7) is 11.8. The molecule has 1 aromatic carbocycles. The molecule has 0 saturated carbocycles. The first-order valence-electron chi connectivity index (χ1n) is 6.74. The van der Waals surface area contributed by atoms with Crippen LogP contribution in [0.2, 0.25) is 0 Å². The highest BCUT2D eigenvalue weighted by Gasteiger charge is 2.23. The summed E-state index contributed by atoms with van der Waals surface area (Å²) in [6.07, 6.45) is 0. The first-order chi connectivity index (χ1) is 8.34. The van der Waals surface area contributed by atoms with Crippen LogP contribution in [0.1, 0.15) is 46.1 Å². The van der Waals surface area contributed by atoms with Crippen molar-refractivity contribution in [3.63, 3.8) is 0 Å². The van der Waals surface area contributed by atoms with Crippen molar-refractivity contribution in [1.82, 2.24) is 5.32 Å². The lowest BCUT2D eigenvalue weighted by molar-refractivity contribution is 0.181. The fraction of sp³-hybridized carbons (Fsp3) is 0.625. The van der Waals surface area contributed by atoms with Gasteiger partial charge in [-0.1, -0.05) is 46.8 Å². The van der Waals surface area contributed by atoms with E-state index in [1.165, 1.54) is 5.56 Å². The molecule has 0 amide bonds. The van der Waals surface area contributed by atoms with Crippen LogP contribution in [0.15, 0.2) is 24.3 Å². The molecule has 1 N–H and O–H groups in total. The van der Waals surface area contributed by atoms with E-state index < -0.39 is 0 Å². The minimum Gasteiger partial charge on any atom is -0.492 e. The zero-order valence-electron chi connectivity index (χ0n) is 12.6. The number of hydrogen-bond acceptors (Lipinski definition) is 2. The minimum absolute atomic E-state index is 0.199. The first-order valence-corrected chi connectivity index (χ1v) is 6.74. The van der Waals surface area contributed by atoms with Crippen molar-refractivity contribution in [2.24, 2.45) is 5.41 Å². The Morgan fingerprint density at radius 2 is 1.89 bits per heavy atom. The van der Waals surface area contributed by atoms with Crippen molar-refractivity contribution >= 4 is 0 Å². The van der Waals surface area contributed by atoms with Gasteiger partial charge >= 0.3 is 0 Å². The van der Waals surface area contributed by atoms with Gasteiger partial charge in [0, 0.05) is 6.04 Å². The van der Waals surface area contributed by atoms with E-state index >= 15 is 0 Å². The molecule has 1 rings (SSSR count). The molecule has 0 aromatic heterocycles. The Hall–Kier alpha value is -1.02. The average molecular weight is 249 g/mol. The number of likely N-dealkylation sites (N-methyl/N-ethyl adjacent to an activating group) is 1. The van der Waals surface area contributed by atoms with E-state index in [2.05, 4.69) is 58.1 Å². The highest BCUT2D eigenvalue weighted by Crippen LogP contribution is 2.23. The summed E-state index contributed by atoms with van der Waals surface area (Å²) in [7, 11) is 1.99. The van der Waals surface area contributed by atoms with Gasteiger partial charge in [0.25, 0.3) is 0 Å². The standard InChI is InChI=1S/C16H27NO/c1-12(2)13-8-7-9-14(10-13)18-11-15(17-6)16(3,4)5/h7-10,12,15,17H,11H2,1-6H3. The maximum absolute atomic E-state index is 5.91. The molecule has 0 aliphatic rings. The molecule has 1 unspecified atom stereocenters. The fourth-order valence-electron chi connectivity index (χ4n) is 1.91. The Labute approximate surface area is 112 Å². The van der Waals surface area contributed by atoms with Crippen molar-refractivity contribution in [2.75, 3.05) is 13.7 Å². The van der Waals surface area contributed by atoms with E-state index in [0.29, 0.717) is 18.6 Å².